The maximum Gasteiger partial charge on any atom is 0.322 e. The number of amides is 2. The molecule has 1 aliphatic rings. The number of aryl methyl sites for hydroxylation is 3. The van der Waals surface area contributed by atoms with E-state index in [1.807, 2.05) is 72.0 Å². The normalized spacial score (nSPS) is 14.5. The number of nitrogens with zero attached hydrogens (tertiary/aromatic N) is 4. The minimum atomic E-state index is -0.280. The van der Waals surface area contributed by atoms with Crippen LogP contribution in [0.15, 0.2) is 97.2 Å². The number of anilines is 1. The monoisotopic (exact) mass is 501 g/mol. The van der Waals surface area contributed by atoms with Crippen molar-refractivity contribution in [3.05, 3.63) is 131 Å². The molecule has 38 heavy (non-hydrogen) atoms. The van der Waals surface area contributed by atoms with Gasteiger partial charge < -0.3 is 14.8 Å². The molecule has 190 valence electrons. The molecule has 0 radical (unpaired) electrons. The van der Waals surface area contributed by atoms with Crippen LogP contribution >= 0.6 is 0 Å². The summed E-state index contributed by atoms with van der Waals surface area (Å²) in [5, 5.41) is 8.27. The lowest BCUT2D eigenvalue weighted by atomic mass is 10.0. The van der Waals surface area contributed by atoms with Crippen LogP contribution in [0.5, 0.6) is 0 Å². The molecule has 5 aromatic rings. The molecule has 1 unspecified atom stereocenters. The first-order chi connectivity index (χ1) is 18.5. The van der Waals surface area contributed by atoms with Crippen molar-refractivity contribution in [2.75, 3.05) is 5.32 Å². The van der Waals surface area contributed by atoms with Gasteiger partial charge in [-0.15, -0.1) is 0 Å². The Bertz CT molecular complexity index is 1600. The van der Waals surface area contributed by atoms with E-state index < -0.39 is 0 Å². The molecule has 6 heteroatoms. The molecule has 0 saturated carbocycles. The molecule has 1 N–H and O–H groups in total. The standard InChI is InChI=1S/C32H31N5O/c1-4-27-26-21-36(32(38)33-28-20-22(2)17-18-23(28)3)30(24-12-7-5-8-13-24)29-16-11-19-35(29)31(26)37(34-27)25-14-9-6-10-15-25/h5-20,30H,4,21H2,1-3H3,(H,33,38). The number of carbonyl (C=O) groups is 1. The fourth-order valence-electron chi connectivity index (χ4n) is 5.39. The Balaban J connectivity index is 1.55. The minimum Gasteiger partial charge on any atom is -0.308 e. The molecule has 0 aliphatic carbocycles. The second-order valence-corrected chi connectivity index (χ2v) is 9.84. The summed E-state index contributed by atoms with van der Waals surface area (Å²) in [5.41, 5.74) is 8.09. The summed E-state index contributed by atoms with van der Waals surface area (Å²) in [5.74, 6) is 0.982. The summed E-state index contributed by atoms with van der Waals surface area (Å²) in [7, 11) is 0. The van der Waals surface area contributed by atoms with Crippen molar-refractivity contribution < 1.29 is 4.79 Å². The van der Waals surface area contributed by atoms with Gasteiger partial charge in [0.2, 0.25) is 0 Å². The summed E-state index contributed by atoms with van der Waals surface area (Å²) in [6.45, 7) is 6.62. The summed E-state index contributed by atoms with van der Waals surface area (Å²) >= 11 is 0. The largest absolute Gasteiger partial charge is 0.322 e. The third kappa shape index (κ3) is 4.08. The highest BCUT2D eigenvalue weighted by Gasteiger charge is 2.36. The van der Waals surface area contributed by atoms with Crippen LogP contribution in [-0.2, 0) is 13.0 Å². The van der Waals surface area contributed by atoms with Crippen LogP contribution < -0.4 is 5.32 Å². The lowest BCUT2D eigenvalue weighted by molar-refractivity contribution is 0.194. The zero-order valence-corrected chi connectivity index (χ0v) is 21.9. The van der Waals surface area contributed by atoms with Gasteiger partial charge in [0.25, 0.3) is 0 Å². The molecule has 1 aliphatic heterocycles. The van der Waals surface area contributed by atoms with Gasteiger partial charge in [-0.2, -0.15) is 5.10 Å². The van der Waals surface area contributed by atoms with Gasteiger partial charge in [0.15, 0.2) is 0 Å². The van der Waals surface area contributed by atoms with Crippen LogP contribution in [-0.4, -0.2) is 25.3 Å². The van der Waals surface area contributed by atoms with Crippen LogP contribution in [0, 0.1) is 13.8 Å². The van der Waals surface area contributed by atoms with E-state index in [0.29, 0.717) is 6.54 Å². The molecule has 0 bridgehead atoms. The molecular formula is C32H31N5O. The number of urea groups is 1. The van der Waals surface area contributed by atoms with Gasteiger partial charge in [0.05, 0.1) is 29.7 Å². The molecule has 0 fully saturated rings. The van der Waals surface area contributed by atoms with Gasteiger partial charge in [-0.3, -0.25) is 0 Å². The Hall–Kier alpha value is -4.58. The number of rotatable bonds is 4. The van der Waals surface area contributed by atoms with E-state index in [4.69, 9.17) is 5.10 Å². The smallest absolute Gasteiger partial charge is 0.308 e. The van der Waals surface area contributed by atoms with Crippen LogP contribution in [0.3, 0.4) is 0 Å². The lowest BCUT2D eigenvalue weighted by Gasteiger charge is -2.31. The van der Waals surface area contributed by atoms with Crippen molar-refractivity contribution >= 4 is 11.7 Å². The average Bonchev–Trinajstić information content (AvgIpc) is 3.52. The SMILES string of the molecule is CCc1nn(-c2ccccc2)c2c1CN(C(=O)Nc1cc(C)ccc1C)C(c1ccccc1)c1cccn1-2. The topological polar surface area (TPSA) is 55.1 Å². The number of benzene rings is 3. The van der Waals surface area contributed by atoms with Gasteiger partial charge in [-0.05, 0) is 67.3 Å². The van der Waals surface area contributed by atoms with Crippen molar-refractivity contribution in [3.63, 3.8) is 0 Å². The second kappa shape index (κ2) is 9.71. The van der Waals surface area contributed by atoms with Crippen LogP contribution in [0.25, 0.3) is 11.5 Å². The fraction of sp³-hybridized carbons (Fsp3) is 0.188. The minimum absolute atomic E-state index is 0.136. The highest BCUT2D eigenvalue weighted by molar-refractivity contribution is 5.91. The lowest BCUT2D eigenvalue weighted by Crippen LogP contribution is -2.38. The Kier molecular flexibility index (Phi) is 6.08. The number of para-hydroxylation sites is 1. The van der Waals surface area contributed by atoms with Crippen LogP contribution in [0.4, 0.5) is 10.5 Å². The number of nitrogens with one attached hydrogen (secondary N) is 1. The predicted octanol–water partition coefficient (Wildman–Crippen LogP) is 6.98. The zero-order chi connectivity index (χ0) is 26.2. The summed E-state index contributed by atoms with van der Waals surface area (Å²) in [6, 6.07) is 30.4. The van der Waals surface area contributed by atoms with Crippen LogP contribution in [0.2, 0.25) is 0 Å². The van der Waals surface area contributed by atoms with Crippen molar-refractivity contribution in [3.8, 4) is 11.5 Å². The van der Waals surface area contributed by atoms with Crippen molar-refractivity contribution in [2.24, 2.45) is 0 Å². The molecule has 0 spiro atoms. The molecule has 3 heterocycles. The van der Waals surface area contributed by atoms with E-state index in [0.717, 1.165) is 57.3 Å². The molecule has 6 rings (SSSR count). The molecular weight excluding hydrogens is 470 g/mol. The van der Waals surface area contributed by atoms with E-state index in [1.165, 1.54) is 0 Å². The van der Waals surface area contributed by atoms with Crippen molar-refractivity contribution in [2.45, 2.75) is 39.8 Å². The Morgan fingerprint density at radius 1 is 0.947 bits per heavy atom. The quantitative estimate of drug-likeness (QED) is 0.289. The summed E-state index contributed by atoms with van der Waals surface area (Å²) in [4.78, 5) is 16.1. The fourth-order valence-corrected chi connectivity index (χ4v) is 5.39. The number of fused-ring (bicyclic) bond motifs is 3. The average molecular weight is 502 g/mol. The third-order valence-electron chi connectivity index (χ3n) is 7.31. The molecule has 6 nitrogen and oxygen atoms in total. The van der Waals surface area contributed by atoms with Gasteiger partial charge in [-0.1, -0.05) is 67.6 Å². The number of hydrogen-bond donors (Lipinski definition) is 1. The van der Waals surface area contributed by atoms with Crippen LogP contribution in [0.1, 0.15) is 46.6 Å². The number of hydrogen-bond acceptors (Lipinski definition) is 2. The Morgan fingerprint density at radius 3 is 2.42 bits per heavy atom. The van der Waals surface area contributed by atoms with Gasteiger partial charge in [-0.25, -0.2) is 9.48 Å². The second-order valence-electron chi connectivity index (χ2n) is 9.84. The van der Waals surface area contributed by atoms with E-state index in [-0.39, 0.29) is 12.1 Å². The maximum atomic E-state index is 14.2. The van der Waals surface area contributed by atoms with Gasteiger partial charge in [0.1, 0.15) is 5.82 Å². The number of carbonyl (C=O) groups excluding carboxylic acids is 1. The first kappa shape index (κ1) is 23.8. The van der Waals surface area contributed by atoms with E-state index in [2.05, 4.69) is 65.5 Å². The first-order valence-corrected chi connectivity index (χ1v) is 13.1. The maximum absolute atomic E-state index is 14.2. The molecule has 3 aromatic carbocycles. The Labute approximate surface area is 223 Å². The first-order valence-electron chi connectivity index (χ1n) is 13.1. The van der Waals surface area contributed by atoms with E-state index in [1.54, 1.807) is 0 Å². The highest BCUT2D eigenvalue weighted by atomic mass is 16.2. The summed E-state index contributed by atoms with van der Waals surface area (Å²) < 4.78 is 4.23. The molecule has 2 aromatic heterocycles. The predicted molar refractivity (Wildman–Crippen MR) is 151 cm³/mol. The highest BCUT2D eigenvalue weighted by Crippen LogP contribution is 2.39. The Morgan fingerprint density at radius 2 is 1.68 bits per heavy atom. The summed E-state index contributed by atoms with van der Waals surface area (Å²) in [6.07, 6.45) is 2.85. The van der Waals surface area contributed by atoms with E-state index >= 15 is 0 Å². The van der Waals surface area contributed by atoms with E-state index in [9.17, 15) is 4.79 Å². The molecule has 0 saturated heterocycles. The van der Waals surface area contributed by atoms with Crippen molar-refractivity contribution in [1.82, 2.24) is 19.2 Å². The third-order valence-corrected chi connectivity index (χ3v) is 7.31. The number of aromatic nitrogens is 3. The zero-order valence-electron chi connectivity index (χ0n) is 21.9. The molecule has 2 amide bonds. The van der Waals surface area contributed by atoms with Gasteiger partial charge >= 0.3 is 6.03 Å². The van der Waals surface area contributed by atoms with Gasteiger partial charge in [0, 0.05) is 17.4 Å². The molecule has 1 atom stereocenters. The van der Waals surface area contributed by atoms with Crippen molar-refractivity contribution in [1.29, 1.82) is 0 Å².